The number of nitrogens with one attached hydrogen (secondary N) is 1. The second-order valence-corrected chi connectivity index (χ2v) is 9.83. The van der Waals surface area contributed by atoms with E-state index in [4.69, 9.17) is 0 Å². The summed E-state index contributed by atoms with van der Waals surface area (Å²) in [6, 6.07) is 8.64. The van der Waals surface area contributed by atoms with Gasteiger partial charge in [0.1, 0.15) is 0 Å². The van der Waals surface area contributed by atoms with Crippen molar-refractivity contribution in [3.8, 4) is 0 Å². The van der Waals surface area contributed by atoms with Crippen molar-refractivity contribution in [1.82, 2.24) is 14.5 Å². The molecule has 0 atom stereocenters. The van der Waals surface area contributed by atoms with Crippen LogP contribution in [0.5, 0.6) is 0 Å². The molecule has 2 rings (SSSR count). The lowest BCUT2D eigenvalue weighted by Gasteiger charge is -2.30. The molecular formula is C20H33N3O3S. The van der Waals surface area contributed by atoms with Crippen LogP contribution in [0.15, 0.2) is 24.3 Å². The number of carbonyl (C=O) groups is 1. The average Bonchev–Trinajstić information content (AvgIpc) is 2.67. The van der Waals surface area contributed by atoms with Crippen LogP contribution in [-0.4, -0.2) is 55.5 Å². The van der Waals surface area contributed by atoms with Gasteiger partial charge in [0, 0.05) is 38.1 Å². The van der Waals surface area contributed by atoms with Crippen molar-refractivity contribution in [2.45, 2.75) is 52.7 Å². The predicted octanol–water partition coefficient (Wildman–Crippen LogP) is 2.20. The van der Waals surface area contributed by atoms with Gasteiger partial charge in [-0.1, -0.05) is 24.3 Å². The Labute approximate surface area is 164 Å². The van der Waals surface area contributed by atoms with Crippen LogP contribution in [0.3, 0.4) is 0 Å². The van der Waals surface area contributed by atoms with Crippen molar-refractivity contribution in [2.75, 3.05) is 25.9 Å². The fraction of sp³-hybridized carbons (Fsp3) is 0.650. The molecular weight excluding hydrogens is 362 g/mol. The number of nitrogens with zero attached hydrogens (tertiary/aromatic N) is 2. The van der Waals surface area contributed by atoms with Gasteiger partial charge < -0.3 is 5.32 Å². The van der Waals surface area contributed by atoms with Gasteiger partial charge in [-0.05, 0) is 51.8 Å². The summed E-state index contributed by atoms with van der Waals surface area (Å²) in [5, 5.41) is 3.05. The van der Waals surface area contributed by atoms with E-state index in [1.807, 2.05) is 12.1 Å². The summed E-state index contributed by atoms with van der Waals surface area (Å²) < 4.78 is 25.4. The number of piperidine rings is 1. The fourth-order valence-corrected chi connectivity index (χ4v) is 4.37. The molecule has 1 amide bonds. The number of hydrogen-bond acceptors (Lipinski definition) is 4. The second-order valence-electron chi connectivity index (χ2n) is 7.57. The minimum Gasteiger partial charge on any atom is -0.352 e. The first kappa shape index (κ1) is 21.9. The predicted molar refractivity (Wildman–Crippen MR) is 109 cm³/mol. The van der Waals surface area contributed by atoms with Crippen LogP contribution in [0.2, 0.25) is 0 Å². The maximum Gasteiger partial charge on any atom is 0.223 e. The molecule has 1 aliphatic rings. The minimum atomic E-state index is -3.15. The Morgan fingerprint density at radius 3 is 2.37 bits per heavy atom. The number of carbonyl (C=O) groups excluding carboxylic acids is 1. The lowest BCUT2D eigenvalue weighted by atomic mass is 9.97. The van der Waals surface area contributed by atoms with Crippen LogP contribution in [0.1, 0.15) is 44.7 Å². The Hall–Kier alpha value is -1.44. The van der Waals surface area contributed by atoms with Crippen molar-refractivity contribution in [1.29, 1.82) is 0 Å². The summed E-state index contributed by atoms with van der Waals surface area (Å²) >= 11 is 0. The van der Waals surface area contributed by atoms with Gasteiger partial charge in [0.15, 0.2) is 0 Å². The highest BCUT2D eigenvalue weighted by atomic mass is 32.2. The van der Waals surface area contributed by atoms with Crippen LogP contribution < -0.4 is 5.32 Å². The van der Waals surface area contributed by atoms with Crippen LogP contribution in [0.25, 0.3) is 0 Å². The molecule has 0 aromatic heterocycles. The van der Waals surface area contributed by atoms with Crippen LogP contribution in [-0.2, 0) is 27.9 Å². The van der Waals surface area contributed by atoms with Gasteiger partial charge in [-0.25, -0.2) is 12.7 Å². The molecule has 7 heteroatoms. The molecule has 1 fully saturated rings. The monoisotopic (exact) mass is 395 g/mol. The molecule has 0 spiro atoms. The van der Waals surface area contributed by atoms with Gasteiger partial charge >= 0.3 is 0 Å². The number of amides is 1. The van der Waals surface area contributed by atoms with Gasteiger partial charge in [-0.2, -0.15) is 0 Å². The van der Waals surface area contributed by atoms with E-state index >= 15 is 0 Å². The summed E-state index contributed by atoms with van der Waals surface area (Å²) in [5.41, 5.74) is 2.35. The Kier molecular flexibility index (Phi) is 7.82. The van der Waals surface area contributed by atoms with Crippen molar-refractivity contribution in [3.05, 3.63) is 35.4 Å². The largest absolute Gasteiger partial charge is 0.352 e. The normalized spacial score (nSPS) is 16.8. The van der Waals surface area contributed by atoms with E-state index in [-0.39, 0.29) is 17.6 Å². The summed E-state index contributed by atoms with van der Waals surface area (Å²) in [5.74, 6) is 0.0280. The zero-order chi connectivity index (χ0) is 20.0. The van der Waals surface area contributed by atoms with Crippen molar-refractivity contribution in [2.24, 2.45) is 5.92 Å². The van der Waals surface area contributed by atoms with E-state index in [9.17, 15) is 13.2 Å². The van der Waals surface area contributed by atoms with E-state index < -0.39 is 10.0 Å². The maximum absolute atomic E-state index is 12.5. The molecule has 0 aliphatic carbocycles. The molecule has 27 heavy (non-hydrogen) atoms. The quantitative estimate of drug-likeness (QED) is 0.733. The molecule has 0 bridgehead atoms. The number of benzene rings is 1. The third kappa shape index (κ3) is 6.02. The number of rotatable bonds is 8. The number of sulfonamides is 1. The highest BCUT2D eigenvalue weighted by Crippen LogP contribution is 2.20. The lowest BCUT2D eigenvalue weighted by Crippen LogP contribution is -2.43. The first-order valence-corrected chi connectivity index (χ1v) is 11.4. The average molecular weight is 396 g/mol. The van der Waals surface area contributed by atoms with E-state index in [0.29, 0.717) is 38.5 Å². The number of hydrogen-bond donors (Lipinski definition) is 1. The van der Waals surface area contributed by atoms with Crippen molar-refractivity contribution < 1.29 is 13.2 Å². The molecule has 1 aromatic carbocycles. The van der Waals surface area contributed by atoms with Gasteiger partial charge in [0.25, 0.3) is 0 Å². The Morgan fingerprint density at radius 1 is 1.22 bits per heavy atom. The highest BCUT2D eigenvalue weighted by molar-refractivity contribution is 7.89. The fourth-order valence-electron chi connectivity index (χ4n) is 3.24. The molecule has 6 nitrogen and oxygen atoms in total. The van der Waals surface area contributed by atoms with Crippen molar-refractivity contribution >= 4 is 15.9 Å². The third-order valence-corrected chi connectivity index (χ3v) is 7.34. The molecule has 1 aliphatic heterocycles. The van der Waals surface area contributed by atoms with Gasteiger partial charge in [0.05, 0.1) is 5.75 Å². The van der Waals surface area contributed by atoms with Gasteiger partial charge in [-0.3, -0.25) is 9.69 Å². The third-order valence-electron chi connectivity index (χ3n) is 5.46. The topological polar surface area (TPSA) is 69.7 Å². The van der Waals surface area contributed by atoms with Crippen molar-refractivity contribution in [3.63, 3.8) is 0 Å². The standard InChI is InChI=1S/C20H33N3O3S/c1-5-27(25,26)23-12-10-17(11-13-23)20(24)21-14-18-8-6-7-9-19(18)15-22(4)16(2)3/h6-9,16-17H,5,10-15H2,1-4H3,(H,21,24). The second kappa shape index (κ2) is 9.66. The summed E-state index contributed by atoms with van der Waals surface area (Å²) in [7, 11) is -1.06. The van der Waals surface area contributed by atoms with E-state index in [1.165, 1.54) is 9.87 Å². The maximum atomic E-state index is 12.5. The molecule has 1 heterocycles. The van der Waals surface area contributed by atoms with E-state index in [1.54, 1.807) is 6.92 Å². The Balaban J connectivity index is 1.90. The first-order chi connectivity index (χ1) is 12.7. The first-order valence-electron chi connectivity index (χ1n) is 9.77. The summed E-state index contributed by atoms with van der Waals surface area (Å²) in [4.78, 5) is 14.8. The molecule has 0 saturated carbocycles. The SMILES string of the molecule is CCS(=O)(=O)N1CCC(C(=O)NCc2ccccc2CN(C)C(C)C)CC1. The Morgan fingerprint density at radius 2 is 1.81 bits per heavy atom. The lowest BCUT2D eigenvalue weighted by molar-refractivity contribution is -0.126. The molecule has 0 unspecified atom stereocenters. The molecule has 152 valence electrons. The van der Waals surface area contributed by atoms with Crippen LogP contribution in [0.4, 0.5) is 0 Å². The Bertz CT molecular complexity index is 726. The van der Waals surface area contributed by atoms with E-state index in [2.05, 4.69) is 43.2 Å². The van der Waals surface area contributed by atoms with Gasteiger partial charge in [0.2, 0.25) is 15.9 Å². The smallest absolute Gasteiger partial charge is 0.223 e. The zero-order valence-corrected chi connectivity index (χ0v) is 17.8. The highest BCUT2D eigenvalue weighted by Gasteiger charge is 2.30. The van der Waals surface area contributed by atoms with Crippen LogP contribution in [0, 0.1) is 5.92 Å². The van der Waals surface area contributed by atoms with E-state index in [0.717, 1.165) is 12.1 Å². The van der Waals surface area contributed by atoms with Gasteiger partial charge in [-0.15, -0.1) is 0 Å². The minimum absolute atomic E-state index is 0.0237. The summed E-state index contributed by atoms with van der Waals surface area (Å²) in [6.45, 7) is 8.20. The zero-order valence-electron chi connectivity index (χ0n) is 16.9. The molecule has 0 radical (unpaired) electrons. The molecule has 1 N–H and O–H groups in total. The summed E-state index contributed by atoms with van der Waals surface area (Å²) in [6.07, 6.45) is 1.17. The van der Waals surface area contributed by atoms with Crippen LogP contribution >= 0.6 is 0 Å². The molecule has 1 saturated heterocycles. The molecule has 1 aromatic rings.